The van der Waals surface area contributed by atoms with Crippen LogP contribution in [-0.4, -0.2) is 22.3 Å². The van der Waals surface area contributed by atoms with Crippen molar-refractivity contribution in [3.05, 3.63) is 84.2 Å². The summed E-state index contributed by atoms with van der Waals surface area (Å²) in [5.74, 6) is 1.59. The van der Waals surface area contributed by atoms with Gasteiger partial charge in [-0.15, -0.1) is 0 Å². The van der Waals surface area contributed by atoms with Crippen LogP contribution in [0.4, 0.5) is 0 Å². The van der Waals surface area contributed by atoms with E-state index in [9.17, 15) is 0 Å². The molecular formula is C19H16N4. The van der Waals surface area contributed by atoms with Crippen LogP contribution in [-0.2, 0) is 0 Å². The molecule has 0 saturated heterocycles. The lowest BCUT2D eigenvalue weighted by molar-refractivity contribution is 0.709. The molecule has 112 valence electrons. The summed E-state index contributed by atoms with van der Waals surface area (Å²) < 4.78 is 0. The van der Waals surface area contributed by atoms with E-state index in [4.69, 9.17) is 0 Å². The molecule has 1 unspecified atom stereocenters. The van der Waals surface area contributed by atoms with Gasteiger partial charge in [-0.25, -0.2) is 9.97 Å². The van der Waals surface area contributed by atoms with Crippen LogP contribution in [0.5, 0.6) is 0 Å². The second-order valence-corrected chi connectivity index (χ2v) is 5.46. The van der Waals surface area contributed by atoms with E-state index in [1.54, 1.807) is 0 Å². The van der Waals surface area contributed by atoms with Gasteiger partial charge in [0.15, 0.2) is 5.82 Å². The predicted octanol–water partition coefficient (Wildman–Crippen LogP) is 3.23. The standard InChI is InChI=1S/C19H16N4/c1-3-7-14(8-4-1)17-13-22-19(23-17)16-11-20-18(21-12-16)15-9-5-2-6-10-15/h1-12,17H,13H2,(H,22,23). The molecular weight excluding hydrogens is 284 g/mol. The topological polar surface area (TPSA) is 50.2 Å². The first-order valence-electron chi connectivity index (χ1n) is 7.64. The fraction of sp³-hybridized carbons (Fsp3) is 0.105. The second-order valence-electron chi connectivity index (χ2n) is 5.46. The highest BCUT2D eigenvalue weighted by Crippen LogP contribution is 2.19. The molecule has 2 aromatic carbocycles. The molecule has 23 heavy (non-hydrogen) atoms. The average molecular weight is 300 g/mol. The molecule has 1 aromatic heterocycles. The van der Waals surface area contributed by atoms with Crippen molar-refractivity contribution in [1.29, 1.82) is 0 Å². The van der Waals surface area contributed by atoms with Crippen LogP contribution in [0.1, 0.15) is 17.2 Å². The first-order valence-corrected chi connectivity index (χ1v) is 7.64. The third-order valence-electron chi connectivity index (χ3n) is 3.90. The van der Waals surface area contributed by atoms with Crippen molar-refractivity contribution in [3.8, 4) is 11.4 Å². The molecule has 2 heterocycles. The zero-order chi connectivity index (χ0) is 15.5. The molecule has 0 saturated carbocycles. The van der Waals surface area contributed by atoms with E-state index in [1.807, 2.05) is 60.9 Å². The number of aromatic nitrogens is 2. The van der Waals surface area contributed by atoms with Crippen molar-refractivity contribution in [2.45, 2.75) is 6.04 Å². The predicted molar refractivity (Wildman–Crippen MR) is 91.2 cm³/mol. The van der Waals surface area contributed by atoms with Gasteiger partial charge in [-0.3, -0.25) is 4.99 Å². The summed E-state index contributed by atoms with van der Waals surface area (Å²) in [6.07, 6.45) is 3.66. The molecule has 4 rings (SSSR count). The van der Waals surface area contributed by atoms with Gasteiger partial charge in [0.1, 0.15) is 5.84 Å². The lowest BCUT2D eigenvalue weighted by Crippen LogP contribution is -2.24. The Morgan fingerprint density at radius 2 is 1.43 bits per heavy atom. The molecule has 0 amide bonds. The van der Waals surface area contributed by atoms with E-state index < -0.39 is 0 Å². The van der Waals surface area contributed by atoms with Crippen LogP contribution < -0.4 is 5.32 Å². The third-order valence-corrected chi connectivity index (χ3v) is 3.90. The van der Waals surface area contributed by atoms with Gasteiger partial charge in [0.05, 0.1) is 18.2 Å². The Morgan fingerprint density at radius 3 is 2.13 bits per heavy atom. The summed E-state index contributed by atoms with van der Waals surface area (Å²) in [5, 5.41) is 3.45. The fourth-order valence-electron chi connectivity index (χ4n) is 2.67. The highest BCUT2D eigenvalue weighted by atomic mass is 15.1. The third kappa shape index (κ3) is 2.83. The summed E-state index contributed by atoms with van der Waals surface area (Å²) in [6, 6.07) is 20.5. The zero-order valence-corrected chi connectivity index (χ0v) is 12.6. The molecule has 0 fully saturated rings. The lowest BCUT2D eigenvalue weighted by Gasteiger charge is -2.12. The minimum absolute atomic E-state index is 0.222. The Labute approximate surface area is 135 Å². The summed E-state index contributed by atoms with van der Waals surface area (Å²) in [6.45, 7) is 0.736. The Morgan fingerprint density at radius 1 is 0.783 bits per heavy atom. The second kappa shape index (κ2) is 6.01. The van der Waals surface area contributed by atoms with E-state index in [0.717, 1.165) is 29.3 Å². The van der Waals surface area contributed by atoms with E-state index in [0.29, 0.717) is 0 Å². The number of hydrogen-bond donors (Lipinski definition) is 1. The van der Waals surface area contributed by atoms with Gasteiger partial charge in [0, 0.05) is 18.0 Å². The van der Waals surface area contributed by atoms with Gasteiger partial charge in [-0.05, 0) is 5.56 Å². The smallest absolute Gasteiger partial charge is 0.159 e. The van der Waals surface area contributed by atoms with Crippen LogP contribution in [0.2, 0.25) is 0 Å². The molecule has 4 heteroatoms. The van der Waals surface area contributed by atoms with E-state index in [-0.39, 0.29) is 6.04 Å². The SMILES string of the molecule is c1ccc(-c2ncc(C3=NCC(c4ccccc4)N3)cn2)cc1. The number of aliphatic imine (C=N–C) groups is 1. The number of hydrogen-bond acceptors (Lipinski definition) is 4. The number of nitrogens with one attached hydrogen (secondary N) is 1. The van der Waals surface area contributed by atoms with Crippen molar-refractivity contribution in [2.75, 3.05) is 6.54 Å². The van der Waals surface area contributed by atoms with Gasteiger partial charge >= 0.3 is 0 Å². The van der Waals surface area contributed by atoms with Crippen LogP contribution in [0.3, 0.4) is 0 Å². The number of amidine groups is 1. The van der Waals surface area contributed by atoms with E-state index in [2.05, 4.69) is 32.4 Å². The van der Waals surface area contributed by atoms with Crippen molar-refractivity contribution >= 4 is 5.84 Å². The highest BCUT2D eigenvalue weighted by molar-refractivity contribution is 5.99. The Bertz CT molecular complexity index is 811. The normalized spacial score (nSPS) is 16.7. The molecule has 3 aromatic rings. The van der Waals surface area contributed by atoms with Gasteiger partial charge in [0.2, 0.25) is 0 Å². The highest BCUT2D eigenvalue weighted by Gasteiger charge is 2.20. The van der Waals surface area contributed by atoms with Crippen LogP contribution in [0.25, 0.3) is 11.4 Å². The van der Waals surface area contributed by atoms with Crippen molar-refractivity contribution in [2.24, 2.45) is 4.99 Å². The lowest BCUT2D eigenvalue weighted by atomic mass is 10.1. The molecule has 1 aliphatic heterocycles. The fourth-order valence-corrected chi connectivity index (χ4v) is 2.67. The van der Waals surface area contributed by atoms with Crippen molar-refractivity contribution in [3.63, 3.8) is 0 Å². The molecule has 0 spiro atoms. The number of nitrogens with zero attached hydrogens (tertiary/aromatic N) is 3. The molecule has 0 aliphatic carbocycles. The summed E-state index contributed by atoms with van der Waals surface area (Å²) in [5.41, 5.74) is 3.18. The minimum atomic E-state index is 0.222. The molecule has 1 aliphatic rings. The largest absolute Gasteiger partial charge is 0.361 e. The van der Waals surface area contributed by atoms with Gasteiger partial charge < -0.3 is 5.32 Å². The maximum atomic E-state index is 4.59. The minimum Gasteiger partial charge on any atom is -0.361 e. The maximum absolute atomic E-state index is 4.59. The van der Waals surface area contributed by atoms with Crippen molar-refractivity contribution < 1.29 is 0 Å². The quantitative estimate of drug-likeness (QED) is 0.808. The summed E-state index contributed by atoms with van der Waals surface area (Å²) >= 11 is 0. The monoisotopic (exact) mass is 300 g/mol. The molecule has 0 bridgehead atoms. The molecule has 4 nitrogen and oxygen atoms in total. The molecule has 0 radical (unpaired) electrons. The Hall–Kier alpha value is -3.01. The van der Waals surface area contributed by atoms with Gasteiger partial charge in [-0.2, -0.15) is 0 Å². The zero-order valence-electron chi connectivity index (χ0n) is 12.6. The average Bonchev–Trinajstić information content (AvgIpc) is 3.14. The molecule has 1 atom stereocenters. The Kier molecular flexibility index (Phi) is 3.56. The maximum Gasteiger partial charge on any atom is 0.159 e. The first kappa shape index (κ1) is 13.6. The van der Waals surface area contributed by atoms with Gasteiger partial charge in [-0.1, -0.05) is 60.7 Å². The van der Waals surface area contributed by atoms with Crippen LogP contribution in [0.15, 0.2) is 78.0 Å². The first-order chi connectivity index (χ1) is 11.4. The van der Waals surface area contributed by atoms with Crippen molar-refractivity contribution in [1.82, 2.24) is 15.3 Å². The van der Waals surface area contributed by atoms with E-state index in [1.165, 1.54) is 5.56 Å². The summed E-state index contributed by atoms with van der Waals surface area (Å²) in [7, 11) is 0. The number of benzene rings is 2. The van der Waals surface area contributed by atoms with Crippen LogP contribution >= 0.6 is 0 Å². The molecule has 1 N–H and O–H groups in total. The Balaban J connectivity index is 1.51. The van der Waals surface area contributed by atoms with E-state index >= 15 is 0 Å². The summed E-state index contributed by atoms with van der Waals surface area (Å²) in [4.78, 5) is 13.5. The van der Waals surface area contributed by atoms with Gasteiger partial charge in [0.25, 0.3) is 0 Å². The number of rotatable bonds is 3. The van der Waals surface area contributed by atoms with Crippen LogP contribution in [0, 0.1) is 0 Å².